The number of amides is 1. The van der Waals surface area contributed by atoms with Crippen LogP contribution < -0.4 is 10.1 Å². The molecule has 2 heterocycles. The molecular weight excluding hydrogens is 389 g/mol. The summed E-state index contributed by atoms with van der Waals surface area (Å²) in [4.78, 5) is 19.9. The standard InChI is InChI=1S/C19H17F3N4O3/c1-28-6-7-29-16-9-13(8-15(11-16)26-5-4-23-12-26)18(27)25-14-2-3-24-17(10-14)19(20,21)22/h2-5,8-12H,6-7H2,1H3,(H,24,25,27). The highest BCUT2D eigenvalue weighted by Crippen LogP contribution is 2.29. The lowest BCUT2D eigenvalue weighted by atomic mass is 10.1. The zero-order chi connectivity index (χ0) is 20.9. The van der Waals surface area contributed by atoms with Crippen molar-refractivity contribution in [3.8, 4) is 11.4 Å². The van der Waals surface area contributed by atoms with E-state index < -0.39 is 17.8 Å². The molecule has 1 aromatic carbocycles. The number of pyridine rings is 1. The molecule has 7 nitrogen and oxygen atoms in total. The van der Waals surface area contributed by atoms with Crippen molar-refractivity contribution in [2.45, 2.75) is 6.18 Å². The minimum atomic E-state index is -4.61. The molecule has 1 amide bonds. The van der Waals surface area contributed by atoms with E-state index in [0.29, 0.717) is 18.0 Å². The molecule has 0 spiro atoms. The summed E-state index contributed by atoms with van der Waals surface area (Å²) in [6.45, 7) is 0.623. The molecule has 152 valence electrons. The maximum atomic E-state index is 12.8. The quantitative estimate of drug-likeness (QED) is 0.607. The number of aromatic nitrogens is 3. The number of alkyl halides is 3. The molecule has 29 heavy (non-hydrogen) atoms. The third kappa shape index (κ3) is 5.32. The van der Waals surface area contributed by atoms with Gasteiger partial charge in [-0.2, -0.15) is 13.2 Å². The summed E-state index contributed by atoms with van der Waals surface area (Å²) in [7, 11) is 1.54. The molecular formula is C19H17F3N4O3. The first kappa shape index (κ1) is 20.3. The van der Waals surface area contributed by atoms with Crippen molar-refractivity contribution in [1.82, 2.24) is 14.5 Å². The van der Waals surface area contributed by atoms with Gasteiger partial charge in [0.1, 0.15) is 18.1 Å². The second-order valence-corrected chi connectivity index (χ2v) is 5.91. The minimum absolute atomic E-state index is 0.0211. The topological polar surface area (TPSA) is 78.3 Å². The predicted molar refractivity (Wildman–Crippen MR) is 98.1 cm³/mol. The number of ether oxygens (including phenoxy) is 2. The van der Waals surface area contributed by atoms with E-state index in [4.69, 9.17) is 9.47 Å². The van der Waals surface area contributed by atoms with Crippen molar-refractivity contribution in [2.75, 3.05) is 25.6 Å². The molecule has 0 aliphatic rings. The molecule has 0 fully saturated rings. The highest BCUT2D eigenvalue weighted by Gasteiger charge is 2.32. The van der Waals surface area contributed by atoms with Crippen molar-refractivity contribution in [1.29, 1.82) is 0 Å². The van der Waals surface area contributed by atoms with Crippen molar-refractivity contribution < 1.29 is 27.4 Å². The van der Waals surface area contributed by atoms with E-state index in [2.05, 4.69) is 15.3 Å². The molecule has 0 saturated heterocycles. The van der Waals surface area contributed by atoms with E-state index >= 15 is 0 Å². The van der Waals surface area contributed by atoms with Crippen LogP contribution in [0.15, 0.2) is 55.2 Å². The zero-order valence-electron chi connectivity index (χ0n) is 15.3. The molecule has 0 atom stereocenters. The van der Waals surface area contributed by atoms with Gasteiger partial charge in [-0.15, -0.1) is 0 Å². The summed E-state index contributed by atoms with van der Waals surface area (Å²) in [6.07, 6.45) is 1.20. The van der Waals surface area contributed by atoms with Crippen LogP contribution in [0, 0.1) is 0 Å². The number of halogens is 3. The van der Waals surface area contributed by atoms with Crippen LogP contribution in [0.4, 0.5) is 18.9 Å². The maximum Gasteiger partial charge on any atom is 0.433 e. The number of hydrogen-bond donors (Lipinski definition) is 1. The first-order chi connectivity index (χ1) is 13.9. The average molecular weight is 406 g/mol. The number of benzene rings is 1. The smallest absolute Gasteiger partial charge is 0.433 e. The largest absolute Gasteiger partial charge is 0.491 e. The van der Waals surface area contributed by atoms with Crippen molar-refractivity contribution in [3.05, 3.63) is 66.5 Å². The molecule has 3 aromatic rings. The highest BCUT2D eigenvalue weighted by atomic mass is 19.4. The summed E-state index contributed by atoms with van der Waals surface area (Å²) in [5, 5.41) is 2.45. The third-order valence-corrected chi connectivity index (χ3v) is 3.82. The highest BCUT2D eigenvalue weighted by molar-refractivity contribution is 6.04. The molecule has 0 radical (unpaired) electrons. The first-order valence-corrected chi connectivity index (χ1v) is 8.46. The van der Waals surface area contributed by atoms with Crippen LogP contribution in [0.1, 0.15) is 16.1 Å². The number of imidazole rings is 1. The van der Waals surface area contributed by atoms with Gasteiger partial charge in [-0.05, 0) is 24.3 Å². The number of carbonyl (C=O) groups is 1. The number of rotatable bonds is 7. The van der Waals surface area contributed by atoms with Crippen LogP contribution in [-0.2, 0) is 10.9 Å². The summed E-state index contributed by atoms with van der Waals surface area (Å²) >= 11 is 0. The van der Waals surface area contributed by atoms with Crippen molar-refractivity contribution >= 4 is 11.6 Å². The third-order valence-electron chi connectivity index (χ3n) is 3.82. The Morgan fingerprint density at radius 3 is 2.69 bits per heavy atom. The van der Waals surface area contributed by atoms with Gasteiger partial charge >= 0.3 is 6.18 Å². The SMILES string of the molecule is COCCOc1cc(C(=O)Nc2ccnc(C(F)(F)F)c2)cc(-n2ccnc2)c1. The van der Waals surface area contributed by atoms with E-state index in [9.17, 15) is 18.0 Å². The van der Waals surface area contributed by atoms with Crippen LogP contribution in [0.3, 0.4) is 0 Å². The molecule has 0 bridgehead atoms. The molecule has 0 aliphatic heterocycles. The summed E-state index contributed by atoms with van der Waals surface area (Å²) in [6, 6.07) is 6.84. The predicted octanol–water partition coefficient (Wildman–Crippen LogP) is 3.56. The Hall–Kier alpha value is -3.40. The fraction of sp³-hybridized carbons (Fsp3) is 0.211. The van der Waals surface area contributed by atoms with Crippen molar-refractivity contribution in [2.24, 2.45) is 0 Å². The van der Waals surface area contributed by atoms with E-state index in [0.717, 1.165) is 12.3 Å². The Morgan fingerprint density at radius 1 is 1.17 bits per heavy atom. The van der Waals surface area contributed by atoms with E-state index in [-0.39, 0.29) is 17.9 Å². The van der Waals surface area contributed by atoms with Gasteiger partial charge < -0.3 is 19.4 Å². The molecule has 0 saturated carbocycles. The monoisotopic (exact) mass is 406 g/mol. The number of methoxy groups -OCH3 is 1. The summed E-state index contributed by atoms with van der Waals surface area (Å²) < 4.78 is 50.7. The summed E-state index contributed by atoms with van der Waals surface area (Å²) in [5.74, 6) is -0.188. The van der Waals surface area contributed by atoms with E-state index in [1.54, 1.807) is 35.4 Å². The number of nitrogens with zero attached hydrogens (tertiary/aromatic N) is 3. The number of anilines is 1. The molecule has 3 rings (SSSR count). The lowest BCUT2D eigenvalue weighted by molar-refractivity contribution is -0.141. The lowest BCUT2D eigenvalue weighted by Crippen LogP contribution is -2.15. The Bertz CT molecular complexity index is 975. The average Bonchev–Trinajstić information content (AvgIpc) is 3.22. The van der Waals surface area contributed by atoms with Gasteiger partial charge in [-0.25, -0.2) is 4.98 Å². The number of nitrogens with one attached hydrogen (secondary N) is 1. The second-order valence-electron chi connectivity index (χ2n) is 5.91. The van der Waals surface area contributed by atoms with Gasteiger partial charge in [0, 0.05) is 43.0 Å². The molecule has 1 N–H and O–H groups in total. The van der Waals surface area contributed by atoms with E-state index in [1.165, 1.54) is 19.2 Å². The summed E-state index contributed by atoms with van der Waals surface area (Å²) in [5.41, 5.74) is -0.305. The van der Waals surface area contributed by atoms with Crippen LogP contribution in [-0.4, -0.2) is 40.8 Å². The van der Waals surface area contributed by atoms with Gasteiger partial charge in [0.25, 0.3) is 5.91 Å². The lowest BCUT2D eigenvalue weighted by Gasteiger charge is -2.13. The number of carbonyl (C=O) groups excluding carboxylic acids is 1. The fourth-order valence-electron chi connectivity index (χ4n) is 2.47. The zero-order valence-corrected chi connectivity index (χ0v) is 15.3. The van der Waals surface area contributed by atoms with Crippen LogP contribution in [0.5, 0.6) is 5.75 Å². The molecule has 2 aromatic heterocycles. The van der Waals surface area contributed by atoms with Gasteiger partial charge in [-0.3, -0.25) is 9.78 Å². The van der Waals surface area contributed by atoms with Gasteiger partial charge in [0.05, 0.1) is 18.6 Å². The maximum absolute atomic E-state index is 12.8. The minimum Gasteiger partial charge on any atom is -0.491 e. The molecule has 10 heteroatoms. The van der Waals surface area contributed by atoms with Gasteiger partial charge in [-0.1, -0.05) is 0 Å². The Morgan fingerprint density at radius 2 is 2.00 bits per heavy atom. The molecule has 0 aliphatic carbocycles. The first-order valence-electron chi connectivity index (χ1n) is 8.46. The Balaban J connectivity index is 1.87. The van der Waals surface area contributed by atoms with E-state index in [1.807, 2.05) is 0 Å². The molecule has 0 unspecified atom stereocenters. The number of hydrogen-bond acceptors (Lipinski definition) is 5. The van der Waals surface area contributed by atoms with Crippen LogP contribution >= 0.6 is 0 Å². The van der Waals surface area contributed by atoms with Crippen LogP contribution in [0.25, 0.3) is 5.69 Å². The second kappa shape index (κ2) is 8.74. The fourth-order valence-corrected chi connectivity index (χ4v) is 2.47. The van der Waals surface area contributed by atoms with Crippen molar-refractivity contribution in [3.63, 3.8) is 0 Å². The van der Waals surface area contributed by atoms with Gasteiger partial charge in [0.2, 0.25) is 0 Å². The Labute approximate surface area is 164 Å². The normalized spacial score (nSPS) is 11.3. The van der Waals surface area contributed by atoms with Crippen LogP contribution in [0.2, 0.25) is 0 Å². The van der Waals surface area contributed by atoms with Gasteiger partial charge in [0.15, 0.2) is 0 Å². The Kier molecular flexibility index (Phi) is 6.13.